The number of nitrogens with zero attached hydrogens (tertiary/aromatic N) is 2. The van der Waals surface area contributed by atoms with Gasteiger partial charge in [0, 0.05) is 11.9 Å². The minimum Gasteiger partial charge on any atom is -0.497 e. The Bertz CT molecular complexity index is 1130. The van der Waals surface area contributed by atoms with Crippen LogP contribution in [0.3, 0.4) is 0 Å². The fourth-order valence-electron chi connectivity index (χ4n) is 4.50. The van der Waals surface area contributed by atoms with Crippen molar-refractivity contribution in [3.05, 3.63) is 70.1 Å². The Kier molecular flexibility index (Phi) is 5.57. The molecule has 0 aliphatic heterocycles. The van der Waals surface area contributed by atoms with E-state index in [1.807, 2.05) is 43.3 Å². The molecule has 0 saturated heterocycles. The van der Waals surface area contributed by atoms with Crippen molar-refractivity contribution in [2.24, 2.45) is 0 Å². The smallest absolute Gasteiger partial charge is 0.274 e. The van der Waals surface area contributed by atoms with Crippen molar-refractivity contribution in [1.82, 2.24) is 15.1 Å². The second kappa shape index (κ2) is 8.30. The van der Waals surface area contributed by atoms with Crippen molar-refractivity contribution in [2.45, 2.75) is 51.1 Å². The molecule has 1 heterocycles. The van der Waals surface area contributed by atoms with E-state index in [2.05, 4.69) is 16.5 Å². The highest BCUT2D eigenvalue weighted by Gasteiger charge is 2.37. The van der Waals surface area contributed by atoms with Crippen molar-refractivity contribution in [1.29, 1.82) is 0 Å². The lowest BCUT2D eigenvalue weighted by Gasteiger charge is -2.31. The number of aryl methyl sites for hydroxylation is 1. The Morgan fingerprint density at radius 3 is 2.57 bits per heavy atom. The van der Waals surface area contributed by atoms with Crippen LogP contribution < -0.4 is 15.6 Å². The van der Waals surface area contributed by atoms with Gasteiger partial charge in [-0.1, -0.05) is 43.2 Å². The van der Waals surface area contributed by atoms with Crippen molar-refractivity contribution < 1.29 is 9.53 Å². The molecule has 0 unspecified atom stereocenters. The molecular weight excluding hydrogens is 378 g/mol. The molecule has 0 atom stereocenters. The summed E-state index contributed by atoms with van der Waals surface area (Å²) < 4.78 is 6.82. The maximum absolute atomic E-state index is 13.2. The number of hydrogen-bond acceptors (Lipinski definition) is 4. The zero-order valence-electron chi connectivity index (χ0n) is 17.5. The first kappa shape index (κ1) is 20.1. The van der Waals surface area contributed by atoms with Crippen LogP contribution in [0.15, 0.2) is 53.3 Å². The number of carbonyl (C=O) groups excluding carboxylic acids is 1. The van der Waals surface area contributed by atoms with Crippen LogP contribution in [0.4, 0.5) is 0 Å². The van der Waals surface area contributed by atoms with E-state index in [9.17, 15) is 9.59 Å². The van der Waals surface area contributed by atoms with E-state index in [1.54, 1.807) is 13.2 Å². The second-order valence-electron chi connectivity index (χ2n) is 7.86. The van der Waals surface area contributed by atoms with Crippen LogP contribution >= 0.6 is 0 Å². The van der Waals surface area contributed by atoms with Gasteiger partial charge in [-0.3, -0.25) is 9.59 Å². The second-order valence-corrected chi connectivity index (χ2v) is 7.86. The van der Waals surface area contributed by atoms with Crippen molar-refractivity contribution in [2.75, 3.05) is 7.11 Å². The number of fused-ring (bicyclic) bond motifs is 1. The molecule has 6 heteroatoms. The first-order valence-corrected chi connectivity index (χ1v) is 10.5. The Hall–Kier alpha value is -3.15. The van der Waals surface area contributed by atoms with Gasteiger partial charge in [0.25, 0.3) is 5.56 Å². The van der Waals surface area contributed by atoms with Crippen LogP contribution in [0.5, 0.6) is 5.75 Å². The number of amides is 1. The molecule has 1 saturated carbocycles. The van der Waals surface area contributed by atoms with Gasteiger partial charge in [-0.15, -0.1) is 0 Å². The van der Waals surface area contributed by atoms with E-state index in [0.717, 1.165) is 42.4 Å². The molecular formula is C24H27N3O3. The van der Waals surface area contributed by atoms with Crippen LogP contribution in [-0.4, -0.2) is 22.8 Å². The summed E-state index contributed by atoms with van der Waals surface area (Å²) in [4.78, 5) is 25.7. The molecule has 4 rings (SSSR count). The van der Waals surface area contributed by atoms with Gasteiger partial charge in [-0.05, 0) is 43.5 Å². The van der Waals surface area contributed by atoms with E-state index in [4.69, 9.17) is 4.74 Å². The Morgan fingerprint density at radius 1 is 1.13 bits per heavy atom. The van der Waals surface area contributed by atoms with Gasteiger partial charge in [0.05, 0.1) is 30.1 Å². The van der Waals surface area contributed by atoms with Crippen LogP contribution in [0.2, 0.25) is 0 Å². The molecule has 0 spiro atoms. The van der Waals surface area contributed by atoms with Crippen molar-refractivity contribution in [3.8, 4) is 5.75 Å². The monoisotopic (exact) mass is 405 g/mol. The van der Waals surface area contributed by atoms with Crippen molar-refractivity contribution in [3.63, 3.8) is 0 Å². The molecule has 1 fully saturated rings. The van der Waals surface area contributed by atoms with Gasteiger partial charge in [0.15, 0.2) is 0 Å². The summed E-state index contributed by atoms with van der Waals surface area (Å²) >= 11 is 0. The summed E-state index contributed by atoms with van der Waals surface area (Å²) in [6, 6.07) is 15.3. The molecule has 1 aliphatic rings. The minimum atomic E-state index is -0.388. The topological polar surface area (TPSA) is 73.2 Å². The molecule has 0 bridgehead atoms. The molecule has 1 aliphatic carbocycles. The standard InChI is InChI=1S/C24H27N3O3/c1-3-27-23(29)20-12-5-4-11-19(20)21(26-27)16-22(28)25-24(13-6-7-14-24)17-9-8-10-18(15-17)30-2/h4-5,8-12,15H,3,6-7,13-14,16H2,1-2H3,(H,25,28). The maximum atomic E-state index is 13.2. The molecule has 1 amide bonds. The highest BCUT2D eigenvalue weighted by atomic mass is 16.5. The molecule has 156 valence electrons. The first-order chi connectivity index (χ1) is 14.6. The number of hydrogen-bond donors (Lipinski definition) is 1. The SMILES string of the molecule is CCn1nc(CC(=O)NC2(c3cccc(OC)c3)CCCC2)c2ccccc2c1=O. The van der Waals surface area contributed by atoms with Gasteiger partial charge in [0.1, 0.15) is 5.75 Å². The summed E-state index contributed by atoms with van der Waals surface area (Å²) in [6.45, 7) is 2.34. The minimum absolute atomic E-state index is 0.0846. The lowest BCUT2D eigenvalue weighted by atomic mass is 9.87. The fraction of sp³-hybridized carbons (Fsp3) is 0.375. The van der Waals surface area contributed by atoms with E-state index >= 15 is 0 Å². The summed E-state index contributed by atoms with van der Waals surface area (Å²) in [6.07, 6.45) is 4.06. The Morgan fingerprint density at radius 2 is 1.87 bits per heavy atom. The third kappa shape index (κ3) is 3.70. The van der Waals surface area contributed by atoms with E-state index in [-0.39, 0.29) is 23.4 Å². The number of aromatic nitrogens is 2. The molecule has 1 N–H and O–H groups in total. The van der Waals surface area contributed by atoms with E-state index in [1.165, 1.54) is 4.68 Å². The van der Waals surface area contributed by atoms with E-state index in [0.29, 0.717) is 17.6 Å². The average Bonchev–Trinajstić information content (AvgIpc) is 3.25. The molecule has 0 radical (unpaired) electrons. The average molecular weight is 405 g/mol. The van der Waals surface area contributed by atoms with Gasteiger partial charge < -0.3 is 10.1 Å². The lowest BCUT2D eigenvalue weighted by molar-refractivity contribution is -0.122. The first-order valence-electron chi connectivity index (χ1n) is 10.5. The van der Waals surface area contributed by atoms with Gasteiger partial charge in [-0.25, -0.2) is 4.68 Å². The normalized spacial score (nSPS) is 15.3. The molecule has 1 aromatic heterocycles. The van der Waals surface area contributed by atoms with Gasteiger partial charge >= 0.3 is 0 Å². The Labute approximate surface area is 175 Å². The predicted octanol–water partition coefficient (Wildman–Crippen LogP) is 3.55. The van der Waals surface area contributed by atoms with Gasteiger partial charge in [0.2, 0.25) is 5.91 Å². The molecule has 30 heavy (non-hydrogen) atoms. The lowest BCUT2D eigenvalue weighted by Crippen LogP contribution is -2.44. The number of carbonyl (C=O) groups is 1. The third-order valence-electron chi connectivity index (χ3n) is 6.03. The highest BCUT2D eigenvalue weighted by Crippen LogP contribution is 2.39. The quantitative estimate of drug-likeness (QED) is 0.681. The largest absolute Gasteiger partial charge is 0.497 e. The molecule has 3 aromatic rings. The Balaban J connectivity index is 1.65. The van der Waals surface area contributed by atoms with Crippen LogP contribution in [0.25, 0.3) is 10.8 Å². The van der Waals surface area contributed by atoms with Gasteiger partial charge in [-0.2, -0.15) is 5.10 Å². The summed E-state index contributed by atoms with van der Waals surface area (Å²) in [5, 5.41) is 9.12. The van der Waals surface area contributed by atoms with Crippen LogP contribution in [0.1, 0.15) is 43.9 Å². The fourth-order valence-corrected chi connectivity index (χ4v) is 4.50. The predicted molar refractivity (Wildman–Crippen MR) is 117 cm³/mol. The number of nitrogens with one attached hydrogen (secondary N) is 1. The number of benzene rings is 2. The number of methoxy groups -OCH3 is 1. The zero-order valence-corrected chi connectivity index (χ0v) is 17.5. The summed E-state index contributed by atoms with van der Waals surface area (Å²) in [7, 11) is 1.65. The summed E-state index contributed by atoms with van der Waals surface area (Å²) in [5.41, 5.74) is 1.19. The summed E-state index contributed by atoms with van der Waals surface area (Å²) in [5.74, 6) is 0.703. The molecule has 6 nitrogen and oxygen atoms in total. The number of rotatable bonds is 6. The van der Waals surface area contributed by atoms with Crippen LogP contribution in [-0.2, 0) is 23.3 Å². The zero-order chi connectivity index (χ0) is 21.1. The van der Waals surface area contributed by atoms with E-state index < -0.39 is 0 Å². The highest BCUT2D eigenvalue weighted by molar-refractivity contribution is 5.88. The third-order valence-corrected chi connectivity index (χ3v) is 6.03. The maximum Gasteiger partial charge on any atom is 0.274 e. The van der Waals surface area contributed by atoms with Crippen molar-refractivity contribution >= 4 is 16.7 Å². The number of ether oxygens (including phenoxy) is 1. The van der Waals surface area contributed by atoms with Crippen LogP contribution in [0, 0.1) is 0 Å². The molecule has 2 aromatic carbocycles.